The van der Waals surface area contributed by atoms with Crippen molar-refractivity contribution in [2.75, 3.05) is 7.11 Å². The van der Waals surface area contributed by atoms with Gasteiger partial charge in [0.15, 0.2) is 11.5 Å². The number of ether oxygens (including phenoxy) is 2. The summed E-state index contributed by atoms with van der Waals surface area (Å²) < 4.78 is 11.9. The second kappa shape index (κ2) is 7.83. The third-order valence-electron chi connectivity index (χ3n) is 3.20. The highest BCUT2D eigenvalue weighted by atomic mass is 79.9. The Hall–Kier alpha value is -2.27. The summed E-state index contributed by atoms with van der Waals surface area (Å²) >= 11 is 3.42. The molecule has 0 aliphatic carbocycles. The molecular formula is C18H17BrO4. The van der Waals surface area contributed by atoms with Crippen LogP contribution in [0.3, 0.4) is 0 Å². The Morgan fingerprint density at radius 3 is 2.52 bits per heavy atom. The lowest BCUT2D eigenvalue weighted by Crippen LogP contribution is -1.98. The zero-order valence-electron chi connectivity index (χ0n) is 12.9. The molecule has 5 heteroatoms. The first-order chi connectivity index (χ1) is 11.0. The lowest BCUT2D eigenvalue weighted by atomic mass is 10.1. The van der Waals surface area contributed by atoms with Gasteiger partial charge in [0.1, 0.15) is 6.61 Å². The highest BCUT2D eigenvalue weighted by Crippen LogP contribution is 2.34. The van der Waals surface area contributed by atoms with Gasteiger partial charge in [-0.15, -0.1) is 0 Å². The maximum absolute atomic E-state index is 10.6. The number of rotatable bonds is 6. The summed E-state index contributed by atoms with van der Waals surface area (Å²) in [6, 6.07) is 11.6. The van der Waals surface area contributed by atoms with E-state index in [4.69, 9.17) is 14.6 Å². The molecule has 0 heterocycles. The summed E-state index contributed by atoms with van der Waals surface area (Å²) in [4.78, 5) is 10.6. The summed E-state index contributed by atoms with van der Waals surface area (Å²) in [5, 5.41) is 8.72. The minimum Gasteiger partial charge on any atom is -0.493 e. The fourth-order valence-electron chi connectivity index (χ4n) is 1.96. The smallest absolute Gasteiger partial charge is 0.328 e. The maximum atomic E-state index is 10.6. The summed E-state index contributed by atoms with van der Waals surface area (Å²) in [6.45, 7) is 2.46. The number of hydrogen-bond acceptors (Lipinski definition) is 3. The van der Waals surface area contributed by atoms with E-state index in [9.17, 15) is 4.79 Å². The van der Waals surface area contributed by atoms with Crippen LogP contribution in [0.4, 0.5) is 0 Å². The van der Waals surface area contributed by atoms with Crippen molar-refractivity contribution in [3.8, 4) is 11.5 Å². The third kappa shape index (κ3) is 4.86. The number of halogens is 1. The van der Waals surface area contributed by atoms with Crippen molar-refractivity contribution < 1.29 is 19.4 Å². The van der Waals surface area contributed by atoms with Crippen molar-refractivity contribution in [3.05, 3.63) is 63.6 Å². The molecule has 0 spiro atoms. The minimum absolute atomic E-state index is 0.424. The molecule has 23 heavy (non-hydrogen) atoms. The van der Waals surface area contributed by atoms with E-state index in [-0.39, 0.29) is 0 Å². The Morgan fingerprint density at radius 2 is 1.91 bits per heavy atom. The van der Waals surface area contributed by atoms with Crippen LogP contribution in [0.2, 0.25) is 0 Å². The van der Waals surface area contributed by atoms with E-state index < -0.39 is 5.97 Å². The zero-order chi connectivity index (χ0) is 16.8. The Kier molecular flexibility index (Phi) is 5.82. The van der Waals surface area contributed by atoms with Crippen LogP contribution in [-0.2, 0) is 11.4 Å². The van der Waals surface area contributed by atoms with Gasteiger partial charge in [-0.2, -0.15) is 0 Å². The van der Waals surface area contributed by atoms with Crippen molar-refractivity contribution in [2.24, 2.45) is 0 Å². The molecule has 0 aliphatic heterocycles. The number of hydrogen-bond donors (Lipinski definition) is 1. The van der Waals surface area contributed by atoms with E-state index in [1.54, 1.807) is 19.2 Å². The molecule has 1 N–H and O–H groups in total. The van der Waals surface area contributed by atoms with Crippen LogP contribution in [0.5, 0.6) is 11.5 Å². The van der Waals surface area contributed by atoms with Crippen molar-refractivity contribution in [2.45, 2.75) is 13.5 Å². The first-order valence-electron chi connectivity index (χ1n) is 6.96. The molecule has 2 rings (SSSR count). The Balaban J connectivity index is 2.19. The topological polar surface area (TPSA) is 55.8 Å². The van der Waals surface area contributed by atoms with E-state index in [2.05, 4.69) is 15.9 Å². The van der Waals surface area contributed by atoms with Gasteiger partial charge in [-0.25, -0.2) is 4.79 Å². The largest absolute Gasteiger partial charge is 0.493 e. The van der Waals surface area contributed by atoms with Crippen LogP contribution >= 0.6 is 15.9 Å². The molecule has 0 aliphatic rings. The van der Waals surface area contributed by atoms with E-state index in [1.165, 1.54) is 11.6 Å². The molecule has 0 atom stereocenters. The monoisotopic (exact) mass is 376 g/mol. The fourth-order valence-corrected chi connectivity index (χ4v) is 2.41. The number of carboxylic acid groups (broad SMARTS) is 1. The van der Waals surface area contributed by atoms with E-state index in [1.807, 2.05) is 31.2 Å². The molecule has 0 radical (unpaired) electrons. The van der Waals surface area contributed by atoms with Crippen molar-refractivity contribution in [1.82, 2.24) is 0 Å². The molecule has 0 bridgehead atoms. The van der Waals surface area contributed by atoms with Crippen LogP contribution in [-0.4, -0.2) is 18.2 Å². The van der Waals surface area contributed by atoms with Gasteiger partial charge in [0.25, 0.3) is 0 Å². The van der Waals surface area contributed by atoms with Crippen LogP contribution in [0, 0.1) is 6.92 Å². The van der Waals surface area contributed by atoms with Gasteiger partial charge >= 0.3 is 5.97 Å². The van der Waals surface area contributed by atoms with Crippen LogP contribution in [0.15, 0.2) is 46.9 Å². The SMILES string of the molecule is COc1cc(/C=C\C(=O)O)c(Br)cc1OCc1ccc(C)cc1. The minimum atomic E-state index is -1.00. The second-order valence-electron chi connectivity index (χ2n) is 4.97. The van der Waals surface area contributed by atoms with Gasteiger partial charge in [0, 0.05) is 10.5 Å². The molecule has 0 amide bonds. The Labute approximate surface area is 143 Å². The van der Waals surface area contributed by atoms with Crippen LogP contribution in [0.25, 0.3) is 6.08 Å². The molecule has 0 saturated carbocycles. The molecular weight excluding hydrogens is 360 g/mol. The third-order valence-corrected chi connectivity index (χ3v) is 3.89. The predicted octanol–water partition coefficient (Wildman–Crippen LogP) is 4.44. The first-order valence-corrected chi connectivity index (χ1v) is 7.76. The standard InChI is InChI=1S/C18H17BrO4/c1-12-3-5-13(6-4-12)11-23-17-10-15(19)14(7-8-18(20)21)9-16(17)22-2/h3-10H,11H2,1-2H3,(H,20,21)/b8-7-. The number of methoxy groups -OCH3 is 1. The predicted molar refractivity (Wildman–Crippen MR) is 92.9 cm³/mol. The van der Waals surface area contributed by atoms with Gasteiger partial charge < -0.3 is 14.6 Å². The highest BCUT2D eigenvalue weighted by Gasteiger charge is 2.09. The summed E-state index contributed by atoms with van der Waals surface area (Å²) in [5.41, 5.74) is 2.96. The molecule has 0 saturated heterocycles. The number of benzene rings is 2. The molecule has 2 aromatic rings. The zero-order valence-corrected chi connectivity index (χ0v) is 14.5. The van der Waals surface area contributed by atoms with Gasteiger partial charge in [-0.3, -0.25) is 0 Å². The summed E-state index contributed by atoms with van der Waals surface area (Å²) in [5.74, 6) is 0.133. The number of carboxylic acids is 1. The Bertz CT molecular complexity index is 721. The van der Waals surface area contributed by atoms with Crippen molar-refractivity contribution >= 4 is 28.0 Å². The maximum Gasteiger partial charge on any atom is 0.328 e. The molecule has 0 aromatic heterocycles. The van der Waals surface area contributed by atoms with Crippen molar-refractivity contribution in [3.63, 3.8) is 0 Å². The van der Waals surface area contributed by atoms with Crippen LogP contribution in [0.1, 0.15) is 16.7 Å². The van der Waals surface area contributed by atoms with Gasteiger partial charge in [-0.1, -0.05) is 45.8 Å². The van der Waals surface area contributed by atoms with Gasteiger partial charge in [0.05, 0.1) is 7.11 Å². The van der Waals surface area contributed by atoms with Gasteiger partial charge in [0.2, 0.25) is 0 Å². The molecule has 2 aromatic carbocycles. The summed E-state index contributed by atoms with van der Waals surface area (Å²) in [7, 11) is 1.55. The summed E-state index contributed by atoms with van der Waals surface area (Å²) in [6.07, 6.45) is 2.57. The Morgan fingerprint density at radius 1 is 1.22 bits per heavy atom. The molecule has 120 valence electrons. The molecule has 4 nitrogen and oxygen atoms in total. The highest BCUT2D eigenvalue weighted by molar-refractivity contribution is 9.10. The lowest BCUT2D eigenvalue weighted by Gasteiger charge is -2.13. The lowest BCUT2D eigenvalue weighted by molar-refractivity contribution is -0.131. The average molecular weight is 377 g/mol. The number of aryl methyl sites for hydroxylation is 1. The van der Waals surface area contributed by atoms with Crippen LogP contribution < -0.4 is 9.47 Å². The molecule has 0 unspecified atom stereocenters. The normalized spacial score (nSPS) is 10.7. The molecule has 0 fully saturated rings. The fraction of sp³-hybridized carbons (Fsp3) is 0.167. The second-order valence-corrected chi connectivity index (χ2v) is 5.82. The quantitative estimate of drug-likeness (QED) is 0.756. The number of aliphatic carboxylic acids is 1. The van der Waals surface area contributed by atoms with Gasteiger partial charge in [-0.05, 0) is 36.3 Å². The van der Waals surface area contributed by atoms with E-state index in [0.29, 0.717) is 23.7 Å². The average Bonchev–Trinajstić information content (AvgIpc) is 2.53. The van der Waals surface area contributed by atoms with E-state index >= 15 is 0 Å². The van der Waals surface area contributed by atoms with E-state index in [0.717, 1.165) is 16.1 Å². The first kappa shape index (κ1) is 17.1. The number of carbonyl (C=O) groups is 1. The van der Waals surface area contributed by atoms with Crippen molar-refractivity contribution in [1.29, 1.82) is 0 Å².